The van der Waals surface area contributed by atoms with Gasteiger partial charge in [-0.25, -0.2) is 0 Å². The summed E-state index contributed by atoms with van der Waals surface area (Å²) in [5, 5.41) is 74.9. The van der Waals surface area contributed by atoms with Crippen LogP contribution in [0, 0.1) is 13.8 Å². The smallest absolute Gasteiger partial charge is 0.320 e. The van der Waals surface area contributed by atoms with Gasteiger partial charge in [0.05, 0.1) is 11.1 Å². The highest BCUT2D eigenvalue weighted by Crippen LogP contribution is 2.54. The molecule has 0 aliphatic carbocycles. The Kier molecular flexibility index (Phi) is 10.6. The highest BCUT2D eigenvalue weighted by atomic mass is 16.4. The predicted octanol–water partition coefficient (Wildman–Crippen LogP) is 7.02. The Morgan fingerprint density at radius 3 is 1.36 bits per heavy atom. The number of aliphatic carboxylic acids is 1. The molecule has 11 nitrogen and oxygen atoms in total. The highest BCUT2D eigenvalue weighted by Gasteiger charge is 2.29. The molecular weight excluding hydrogens is 642 g/mol. The normalized spacial score (nSPS) is 11.9. The molecule has 0 heterocycles. The average Bonchev–Trinajstić information content (AvgIpc) is 3.05. The van der Waals surface area contributed by atoms with Gasteiger partial charge in [0.25, 0.3) is 0 Å². The predicted molar refractivity (Wildman–Crippen MR) is 191 cm³/mol. The molecule has 5 aromatic rings. The molecule has 0 aliphatic heterocycles. The zero-order valence-corrected chi connectivity index (χ0v) is 28.6. The van der Waals surface area contributed by atoms with Crippen molar-refractivity contribution in [2.24, 2.45) is 5.73 Å². The maximum atomic E-state index is 12.0. The second-order valence-corrected chi connectivity index (χ2v) is 12.9. The molecule has 0 unspecified atom stereocenters. The summed E-state index contributed by atoms with van der Waals surface area (Å²) < 4.78 is 0. The highest BCUT2D eigenvalue weighted by molar-refractivity contribution is 6.14. The standard InChI is InChI=1S/C30H30O8.C9H11NO2/c1-11(2)19-15-7-13(5)21(27(35)23(15)17(9-31)25(33)29(19)37)22-14(6)8-16-20(12(3)4)30(38)26(34)18(10-32)24(16)28(22)36;10-8(9(11)12)6-7-4-2-1-3-5-7/h7-12,33-38H,1-6H3;1-5,8H,6,10H2,(H,11,12)/t;8-/m.0/s1. The number of nitrogens with two attached hydrogens (primary N) is 1. The zero-order chi connectivity index (χ0) is 37.4. The lowest BCUT2D eigenvalue weighted by Crippen LogP contribution is -2.32. The molecule has 262 valence electrons. The molecular formula is C39H41NO10. The van der Waals surface area contributed by atoms with Crippen LogP contribution >= 0.6 is 0 Å². The molecule has 0 spiro atoms. The van der Waals surface area contributed by atoms with Crippen LogP contribution in [-0.2, 0) is 11.2 Å². The number of hydrogen-bond donors (Lipinski definition) is 8. The molecule has 0 bridgehead atoms. The molecule has 9 N–H and O–H groups in total. The molecule has 0 fully saturated rings. The Bertz CT molecular complexity index is 2030. The molecule has 5 aromatic carbocycles. The van der Waals surface area contributed by atoms with Crippen LogP contribution < -0.4 is 5.73 Å². The molecule has 0 radical (unpaired) electrons. The maximum absolute atomic E-state index is 12.0. The first-order chi connectivity index (χ1) is 23.5. The number of phenolic OH excluding ortho intramolecular Hbond substituents is 6. The number of aldehydes is 2. The number of benzene rings is 5. The van der Waals surface area contributed by atoms with Gasteiger partial charge in [0, 0.05) is 33.0 Å². The number of carboxylic acid groups (broad SMARTS) is 1. The number of phenols is 6. The first-order valence-corrected chi connectivity index (χ1v) is 15.9. The monoisotopic (exact) mass is 683 g/mol. The van der Waals surface area contributed by atoms with Gasteiger partial charge < -0.3 is 41.5 Å². The van der Waals surface area contributed by atoms with Gasteiger partial charge in [0.15, 0.2) is 35.6 Å². The first-order valence-electron chi connectivity index (χ1n) is 15.9. The van der Waals surface area contributed by atoms with Gasteiger partial charge in [0.2, 0.25) is 0 Å². The Hall–Kier alpha value is -5.81. The zero-order valence-electron chi connectivity index (χ0n) is 28.6. The van der Waals surface area contributed by atoms with Gasteiger partial charge >= 0.3 is 5.97 Å². The minimum Gasteiger partial charge on any atom is -0.507 e. The number of aryl methyl sites for hydroxylation is 2. The maximum Gasteiger partial charge on any atom is 0.320 e. The number of carbonyl (C=O) groups excluding carboxylic acids is 2. The van der Waals surface area contributed by atoms with Crippen molar-refractivity contribution in [1.82, 2.24) is 0 Å². The Labute approximate surface area is 288 Å². The van der Waals surface area contributed by atoms with Crippen LogP contribution in [0.1, 0.15) is 88.1 Å². The van der Waals surface area contributed by atoms with Crippen LogP contribution in [0.2, 0.25) is 0 Å². The SMILES string of the molecule is Cc1cc2c(C(C)C)c(O)c(O)c(C=O)c2c(O)c1-c1c(C)cc2c(C(C)C)c(O)c(O)c(C=O)c2c1O.N[C@@H](Cc1ccccc1)C(=O)O. The van der Waals surface area contributed by atoms with Crippen LogP contribution in [0.4, 0.5) is 0 Å². The summed E-state index contributed by atoms with van der Waals surface area (Å²) in [5.74, 6) is -4.53. The van der Waals surface area contributed by atoms with Crippen molar-refractivity contribution < 1.29 is 50.1 Å². The van der Waals surface area contributed by atoms with Gasteiger partial charge in [0.1, 0.15) is 17.5 Å². The van der Waals surface area contributed by atoms with Crippen LogP contribution in [0.15, 0.2) is 42.5 Å². The van der Waals surface area contributed by atoms with Crippen molar-refractivity contribution in [3.63, 3.8) is 0 Å². The molecule has 0 aliphatic rings. The summed E-state index contributed by atoms with van der Waals surface area (Å²) in [6, 6.07) is 11.9. The summed E-state index contributed by atoms with van der Waals surface area (Å²) in [4.78, 5) is 34.4. The van der Waals surface area contributed by atoms with Gasteiger partial charge in [-0.3, -0.25) is 14.4 Å². The molecule has 0 aromatic heterocycles. The van der Waals surface area contributed by atoms with Gasteiger partial charge in [-0.1, -0.05) is 70.2 Å². The number of carbonyl (C=O) groups is 3. The van der Waals surface area contributed by atoms with E-state index in [4.69, 9.17) is 10.8 Å². The van der Waals surface area contributed by atoms with Crippen LogP contribution in [0.5, 0.6) is 34.5 Å². The molecule has 0 amide bonds. The fourth-order valence-electron chi connectivity index (χ4n) is 6.56. The van der Waals surface area contributed by atoms with Crippen molar-refractivity contribution in [3.8, 4) is 45.6 Å². The molecule has 11 heteroatoms. The van der Waals surface area contributed by atoms with E-state index in [-0.39, 0.29) is 44.9 Å². The van der Waals surface area contributed by atoms with Crippen molar-refractivity contribution in [1.29, 1.82) is 0 Å². The largest absolute Gasteiger partial charge is 0.507 e. The minimum absolute atomic E-state index is 0.00512. The number of aromatic hydroxyl groups is 6. The third kappa shape index (κ3) is 6.35. The van der Waals surface area contributed by atoms with Gasteiger partial charge in [-0.05, 0) is 59.6 Å². The van der Waals surface area contributed by atoms with Crippen LogP contribution in [0.25, 0.3) is 32.7 Å². The summed E-state index contributed by atoms with van der Waals surface area (Å²) in [6.45, 7) is 10.5. The number of hydrogen-bond acceptors (Lipinski definition) is 10. The number of carboxylic acids is 1. The van der Waals surface area contributed by atoms with E-state index in [2.05, 4.69) is 0 Å². The summed E-state index contributed by atoms with van der Waals surface area (Å²) >= 11 is 0. The summed E-state index contributed by atoms with van der Waals surface area (Å²) in [5.41, 5.74) is 7.63. The summed E-state index contributed by atoms with van der Waals surface area (Å²) in [7, 11) is 0. The van der Waals surface area contributed by atoms with Crippen LogP contribution in [0.3, 0.4) is 0 Å². The van der Waals surface area contributed by atoms with Crippen molar-refractivity contribution in [2.75, 3.05) is 0 Å². The molecule has 0 saturated carbocycles. The Morgan fingerprint density at radius 2 is 1.04 bits per heavy atom. The molecule has 0 saturated heterocycles. The number of rotatable bonds is 8. The fraction of sp³-hybridized carbons (Fsp3) is 0.256. The van der Waals surface area contributed by atoms with E-state index >= 15 is 0 Å². The lowest BCUT2D eigenvalue weighted by atomic mass is 9.83. The quantitative estimate of drug-likeness (QED) is 0.0613. The topological polar surface area (TPSA) is 219 Å². The van der Waals surface area contributed by atoms with E-state index in [1.807, 2.05) is 30.3 Å². The summed E-state index contributed by atoms with van der Waals surface area (Å²) in [6.07, 6.45) is 1.07. The van der Waals surface area contributed by atoms with Crippen molar-refractivity contribution >= 4 is 40.1 Å². The van der Waals surface area contributed by atoms with E-state index < -0.39 is 46.5 Å². The van der Waals surface area contributed by atoms with Gasteiger partial charge in [-0.15, -0.1) is 0 Å². The molecule has 50 heavy (non-hydrogen) atoms. The fourth-order valence-corrected chi connectivity index (χ4v) is 6.56. The van der Waals surface area contributed by atoms with E-state index in [0.29, 0.717) is 52.0 Å². The number of fused-ring (bicyclic) bond motifs is 2. The minimum atomic E-state index is -0.959. The molecule has 5 rings (SSSR count). The van der Waals surface area contributed by atoms with Crippen molar-refractivity contribution in [3.05, 3.63) is 81.4 Å². The third-order valence-electron chi connectivity index (χ3n) is 8.84. The first kappa shape index (κ1) is 37.0. The third-order valence-corrected chi connectivity index (χ3v) is 8.84. The average molecular weight is 684 g/mol. The second kappa shape index (κ2) is 14.4. The van der Waals surface area contributed by atoms with E-state index in [0.717, 1.165) is 5.56 Å². The Balaban J connectivity index is 0.000000396. The lowest BCUT2D eigenvalue weighted by Gasteiger charge is -2.23. The van der Waals surface area contributed by atoms with Gasteiger partial charge in [-0.2, -0.15) is 0 Å². The van der Waals surface area contributed by atoms with E-state index in [9.17, 15) is 45.0 Å². The lowest BCUT2D eigenvalue weighted by molar-refractivity contribution is -0.138. The van der Waals surface area contributed by atoms with E-state index in [1.54, 1.807) is 53.7 Å². The van der Waals surface area contributed by atoms with Crippen LogP contribution in [-0.4, -0.2) is 60.3 Å². The van der Waals surface area contributed by atoms with E-state index in [1.165, 1.54) is 0 Å². The van der Waals surface area contributed by atoms with Crippen molar-refractivity contribution in [2.45, 2.75) is 65.8 Å². The second-order valence-electron chi connectivity index (χ2n) is 12.9. The Morgan fingerprint density at radius 1 is 0.660 bits per heavy atom. The molecule has 1 atom stereocenters.